The Morgan fingerprint density at radius 2 is 1.89 bits per heavy atom. The van der Waals surface area contributed by atoms with Crippen LogP contribution in [-0.4, -0.2) is 31.5 Å². The monoisotopic (exact) mass is 364 g/mol. The molecule has 5 nitrogen and oxygen atoms in total. The number of para-hydroxylation sites is 2. The molecule has 142 valence electrons. The molecule has 0 bridgehead atoms. The van der Waals surface area contributed by atoms with Crippen LogP contribution in [0, 0.1) is 13.8 Å². The van der Waals surface area contributed by atoms with E-state index in [4.69, 9.17) is 4.98 Å². The quantitative estimate of drug-likeness (QED) is 0.683. The van der Waals surface area contributed by atoms with Gasteiger partial charge in [-0.15, -0.1) is 0 Å². The molecule has 1 aliphatic rings. The zero-order valence-corrected chi connectivity index (χ0v) is 16.5. The van der Waals surface area contributed by atoms with E-state index in [1.807, 2.05) is 18.2 Å². The molecule has 0 N–H and O–H groups in total. The molecule has 1 aromatic carbocycles. The van der Waals surface area contributed by atoms with Gasteiger partial charge in [0.2, 0.25) is 5.91 Å². The number of aryl methyl sites for hydroxylation is 3. The topological polar surface area (TPSA) is 43.1 Å². The average molecular weight is 364 g/mol. The maximum Gasteiger partial charge on any atom is 0.223 e. The number of aromatic nitrogens is 3. The predicted octanol–water partition coefficient (Wildman–Crippen LogP) is 4.14. The number of rotatable bonds is 5. The first kappa shape index (κ1) is 17.8. The van der Waals surface area contributed by atoms with Crippen molar-refractivity contribution in [1.29, 1.82) is 0 Å². The fourth-order valence-electron chi connectivity index (χ4n) is 4.38. The SMILES string of the molecule is Cc1ccc(C)n1CCCC(=O)N1CCC[C@@H]1c1nc2ccccc2n1C. The zero-order valence-electron chi connectivity index (χ0n) is 16.5. The van der Waals surface area contributed by atoms with Gasteiger partial charge in [-0.2, -0.15) is 0 Å². The van der Waals surface area contributed by atoms with E-state index in [1.165, 1.54) is 11.4 Å². The van der Waals surface area contributed by atoms with Crippen LogP contribution < -0.4 is 0 Å². The van der Waals surface area contributed by atoms with Gasteiger partial charge in [0.05, 0.1) is 17.1 Å². The maximum absolute atomic E-state index is 12.9. The van der Waals surface area contributed by atoms with E-state index >= 15 is 0 Å². The Kier molecular flexibility index (Phi) is 4.77. The van der Waals surface area contributed by atoms with Crippen LogP contribution in [0.25, 0.3) is 11.0 Å². The third kappa shape index (κ3) is 3.27. The van der Waals surface area contributed by atoms with Crippen molar-refractivity contribution in [2.24, 2.45) is 7.05 Å². The normalized spacial score (nSPS) is 17.1. The highest BCUT2D eigenvalue weighted by Crippen LogP contribution is 2.33. The number of nitrogens with zero attached hydrogens (tertiary/aromatic N) is 4. The van der Waals surface area contributed by atoms with Crippen LogP contribution >= 0.6 is 0 Å². The van der Waals surface area contributed by atoms with Gasteiger partial charge in [-0.3, -0.25) is 4.79 Å². The van der Waals surface area contributed by atoms with Crippen LogP contribution in [0.4, 0.5) is 0 Å². The van der Waals surface area contributed by atoms with Crippen molar-refractivity contribution in [1.82, 2.24) is 19.0 Å². The third-order valence-electron chi connectivity index (χ3n) is 5.88. The molecule has 2 aromatic heterocycles. The van der Waals surface area contributed by atoms with Crippen LogP contribution in [0.3, 0.4) is 0 Å². The lowest BCUT2D eigenvalue weighted by Crippen LogP contribution is -2.31. The van der Waals surface area contributed by atoms with Gasteiger partial charge in [-0.1, -0.05) is 12.1 Å². The third-order valence-corrected chi connectivity index (χ3v) is 5.88. The highest BCUT2D eigenvalue weighted by molar-refractivity contribution is 5.78. The summed E-state index contributed by atoms with van der Waals surface area (Å²) in [5.74, 6) is 1.27. The average Bonchev–Trinajstić information content (AvgIpc) is 3.35. The fraction of sp³-hybridized carbons (Fsp3) is 0.455. The van der Waals surface area contributed by atoms with Gasteiger partial charge in [-0.25, -0.2) is 4.98 Å². The smallest absolute Gasteiger partial charge is 0.223 e. The molecule has 0 spiro atoms. The summed E-state index contributed by atoms with van der Waals surface area (Å²) in [6, 6.07) is 12.6. The summed E-state index contributed by atoms with van der Waals surface area (Å²) < 4.78 is 4.44. The number of imidazole rings is 1. The van der Waals surface area contributed by atoms with Crippen LogP contribution in [0.1, 0.15) is 48.9 Å². The first-order valence-corrected chi connectivity index (χ1v) is 9.90. The Morgan fingerprint density at radius 3 is 2.63 bits per heavy atom. The second-order valence-electron chi connectivity index (χ2n) is 7.63. The molecular weight excluding hydrogens is 336 g/mol. The molecule has 1 atom stereocenters. The van der Waals surface area contributed by atoms with Gasteiger partial charge in [-0.05, 0) is 57.4 Å². The van der Waals surface area contributed by atoms with E-state index < -0.39 is 0 Å². The molecule has 0 aliphatic carbocycles. The van der Waals surface area contributed by atoms with Crippen LogP contribution in [0.5, 0.6) is 0 Å². The molecule has 4 rings (SSSR count). The van der Waals surface area contributed by atoms with E-state index in [-0.39, 0.29) is 11.9 Å². The van der Waals surface area contributed by atoms with E-state index in [1.54, 1.807) is 0 Å². The van der Waals surface area contributed by atoms with E-state index in [9.17, 15) is 4.79 Å². The summed E-state index contributed by atoms with van der Waals surface area (Å²) in [5.41, 5.74) is 4.66. The summed E-state index contributed by atoms with van der Waals surface area (Å²) in [5, 5.41) is 0. The van der Waals surface area contributed by atoms with Gasteiger partial charge >= 0.3 is 0 Å². The molecule has 1 fully saturated rings. The van der Waals surface area contributed by atoms with Crippen molar-refractivity contribution in [3.05, 3.63) is 53.6 Å². The Balaban J connectivity index is 1.46. The van der Waals surface area contributed by atoms with Gasteiger partial charge in [0.15, 0.2) is 0 Å². The molecule has 3 heterocycles. The second kappa shape index (κ2) is 7.22. The first-order valence-electron chi connectivity index (χ1n) is 9.90. The minimum absolute atomic E-state index is 0.102. The molecule has 27 heavy (non-hydrogen) atoms. The number of fused-ring (bicyclic) bond motifs is 1. The number of likely N-dealkylation sites (tertiary alicyclic amines) is 1. The number of benzene rings is 1. The lowest BCUT2D eigenvalue weighted by atomic mass is 10.2. The number of carbonyl (C=O) groups excluding carboxylic acids is 1. The van der Waals surface area contributed by atoms with E-state index in [0.29, 0.717) is 6.42 Å². The molecule has 1 saturated heterocycles. The highest BCUT2D eigenvalue weighted by Gasteiger charge is 2.32. The summed E-state index contributed by atoms with van der Waals surface area (Å²) in [6.07, 6.45) is 3.52. The molecular formula is C22H28N4O. The number of hydrogen-bond donors (Lipinski definition) is 0. The van der Waals surface area contributed by atoms with Gasteiger partial charge in [0, 0.05) is 37.9 Å². The summed E-state index contributed by atoms with van der Waals surface area (Å²) in [7, 11) is 2.06. The summed E-state index contributed by atoms with van der Waals surface area (Å²) >= 11 is 0. The van der Waals surface area contributed by atoms with E-state index in [2.05, 4.69) is 53.1 Å². The minimum atomic E-state index is 0.102. The standard InChI is InChI=1S/C22H28N4O/c1-16-12-13-17(2)25(16)14-7-11-21(27)26-15-6-10-20(26)22-23-18-8-4-5-9-19(18)24(22)3/h4-5,8-9,12-13,20H,6-7,10-11,14-15H2,1-3H3/t20-/m1/s1. The summed E-state index contributed by atoms with van der Waals surface area (Å²) in [6.45, 7) is 5.99. The largest absolute Gasteiger partial charge is 0.349 e. The van der Waals surface area contributed by atoms with Crippen LogP contribution in [0.15, 0.2) is 36.4 Å². The molecule has 1 aliphatic heterocycles. The van der Waals surface area contributed by atoms with Gasteiger partial charge in [0.1, 0.15) is 5.82 Å². The van der Waals surface area contributed by atoms with Gasteiger partial charge in [0.25, 0.3) is 0 Å². The Labute approximate surface area is 160 Å². The van der Waals surface area contributed by atoms with Crippen molar-refractivity contribution in [3.8, 4) is 0 Å². The lowest BCUT2D eigenvalue weighted by molar-refractivity contribution is -0.132. The molecule has 1 amide bonds. The molecule has 0 radical (unpaired) electrons. The predicted molar refractivity (Wildman–Crippen MR) is 108 cm³/mol. The molecule has 3 aromatic rings. The Bertz CT molecular complexity index is 949. The minimum Gasteiger partial charge on any atom is -0.349 e. The molecule has 0 unspecified atom stereocenters. The Hall–Kier alpha value is -2.56. The summed E-state index contributed by atoms with van der Waals surface area (Å²) in [4.78, 5) is 19.8. The van der Waals surface area contributed by atoms with Crippen molar-refractivity contribution in [2.75, 3.05) is 6.54 Å². The number of amides is 1. The molecule has 5 heteroatoms. The number of hydrogen-bond acceptors (Lipinski definition) is 2. The highest BCUT2D eigenvalue weighted by atomic mass is 16.2. The van der Waals surface area contributed by atoms with Crippen molar-refractivity contribution in [3.63, 3.8) is 0 Å². The fourth-order valence-corrected chi connectivity index (χ4v) is 4.38. The molecule has 0 saturated carbocycles. The Morgan fingerprint density at radius 1 is 1.15 bits per heavy atom. The van der Waals surface area contributed by atoms with Crippen LogP contribution in [0.2, 0.25) is 0 Å². The van der Waals surface area contributed by atoms with Crippen LogP contribution in [-0.2, 0) is 18.4 Å². The maximum atomic E-state index is 12.9. The van der Waals surface area contributed by atoms with Crippen molar-refractivity contribution in [2.45, 2.75) is 52.1 Å². The lowest BCUT2D eigenvalue weighted by Gasteiger charge is -2.24. The second-order valence-corrected chi connectivity index (χ2v) is 7.63. The van der Waals surface area contributed by atoms with Crippen molar-refractivity contribution < 1.29 is 4.79 Å². The van der Waals surface area contributed by atoms with E-state index in [0.717, 1.165) is 49.2 Å². The number of carbonyl (C=O) groups is 1. The first-order chi connectivity index (χ1) is 13.1. The van der Waals surface area contributed by atoms with Gasteiger partial charge < -0.3 is 14.0 Å². The zero-order chi connectivity index (χ0) is 19.0. The van der Waals surface area contributed by atoms with Crippen molar-refractivity contribution >= 4 is 16.9 Å².